The molecule has 0 saturated carbocycles. The third-order valence-electron chi connectivity index (χ3n) is 3.10. The van der Waals surface area contributed by atoms with Crippen molar-refractivity contribution in [1.29, 1.82) is 0 Å². The molecule has 20 heavy (non-hydrogen) atoms. The van der Waals surface area contributed by atoms with Crippen molar-refractivity contribution in [2.75, 3.05) is 5.32 Å². The molecule has 0 atom stereocenters. The Labute approximate surface area is 117 Å². The quantitative estimate of drug-likeness (QED) is 0.670. The molecule has 6 heteroatoms. The lowest BCUT2D eigenvalue weighted by molar-refractivity contribution is -0.384. The third kappa shape index (κ3) is 3.14. The van der Waals surface area contributed by atoms with Crippen LogP contribution in [0.15, 0.2) is 30.6 Å². The van der Waals surface area contributed by atoms with Crippen molar-refractivity contribution in [3.63, 3.8) is 0 Å². The highest BCUT2D eigenvalue weighted by Crippen LogP contribution is 2.22. The van der Waals surface area contributed by atoms with Gasteiger partial charge in [-0.2, -0.15) is 5.10 Å². The number of nitrogens with one attached hydrogen (secondary N) is 1. The number of hydrogen-bond acceptors (Lipinski definition) is 4. The summed E-state index contributed by atoms with van der Waals surface area (Å²) in [5.74, 6) is 0. The van der Waals surface area contributed by atoms with Gasteiger partial charge in [0.15, 0.2) is 0 Å². The van der Waals surface area contributed by atoms with E-state index < -0.39 is 0 Å². The van der Waals surface area contributed by atoms with Crippen molar-refractivity contribution in [3.05, 3.63) is 51.8 Å². The fourth-order valence-electron chi connectivity index (χ4n) is 1.86. The number of benzene rings is 1. The molecule has 1 N–H and O–H groups in total. The summed E-state index contributed by atoms with van der Waals surface area (Å²) in [7, 11) is 0. The van der Waals surface area contributed by atoms with Gasteiger partial charge < -0.3 is 5.32 Å². The minimum Gasteiger partial charge on any atom is -0.380 e. The summed E-state index contributed by atoms with van der Waals surface area (Å²) in [5, 5.41) is 18.3. The van der Waals surface area contributed by atoms with Crippen molar-refractivity contribution in [3.8, 4) is 0 Å². The van der Waals surface area contributed by atoms with E-state index in [4.69, 9.17) is 0 Å². The van der Waals surface area contributed by atoms with Crippen LogP contribution in [0.3, 0.4) is 0 Å². The molecular formula is C14H18N4O2. The van der Waals surface area contributed by atoms with Gasteiger partial charge in [-0.05, 0) is 26.3 Å². The standard InChI is InChI=1S/C14H18N4O2/c1-10(2)17-9-12(8-16-17)7-15-14-6-13(18(19)20)5-4-11(14)3/h4-6,8-10,15H,7H2,1-3H3. The summed E-state index contributed by atoms with van der Waals surface area (Å²) in [4.78, 5) is 10.4. The lowest BCUT2D eigenvalue weighted by Crippen LogP contribution is -2.02. The zero-order valence-electron chi connectivity index (χ0n) is 11.8. The number of nitrogens with zero attached hydrogens (tertiary/aromatic N) is 3. The fraction of sp³-hybridized carbons (Fsp3) is 0.357. The number of anilines is 1. The maximum Gasteiger partial charge on any atom is 0.271 e. The second-order valence-electron chi connectivity index (χ2n) is 5.03. The van der Waals surface area contributed by atoms with Crippen molar-refractivity contribution >= 4 is 11.4 Å². The Hall–Kier alpha value is -2.37. The molecule has 2 rings (SSSR count). The average molecular weight is 274 g/mol. The van der Waals surface area contributed by atoms with E-state index in [0.717, 1.165) is 16.8 Å². The molecule has 1 aromatic carbocycles. The first kappa shape index (κ1) is 14.0. The van der Waals surface area contributed by atoms with Crippen molar-refractivity contribution < 1.29 is 4.92 Å². The number of nitro benzene ring substituents is 1. The van der Waals surface area contributed by atoms with Gasteiger partial charge in [-0.1, -0.05) is 6.07 Å². The predicted octanol–water partition coefficient (Wildman–Crippen LogP) is 3.29. The Morgan fingerprint density at radius 2 is 2.20 bits per heavy atom. The molecule has 0 radical (unpaired) electrons. The number of aryl methyl sites for hydroxylation is 1. The molecule has 106 valence electrons. The van der Waals surface area contributed by atoms with E-state index in [1.54, 1.807) is 18.3 Å². The van der Waals surface area contributed by atoms with Crippen molar-refractivity contribution in [2.24, 2.45) is 0 Å². The van der Waals surface area contributed by atoms with Crippen molar-refractivity contribution in [1.82, 2.24) is 9.78 Å². The highest BCUT2D eigenvalue weighted by atomic mass is 16.6. The van der Waals surface area contributed by atoms with Crippen molar-refractivity contribution in [2.45, 2.75) is 33.4 Å². The van der Waals surface area contributed by atoms with E-state index >= 15 is 0 Å². The molecular weight excluding hydrogens is 256 g/mol. The summed E-state index contributed by atoms with van der Waals surface area (Å²) < 4.78 is 1.89. The highest BCUT2D eigenvalue weighted by molar-refractivity contribution is 5.56. The van der Waals surface area contributed by atoms with Gasteiger partial charge in [-0.3, -0.25) is 14.8 Å². The second kappa shape index (κ2) is 5.73. The van der Waals surface area contributed by atoms with Crippen LogP contribution in [0.2, 0.25) is 0 Å². The van der Waals surface area contributed by atoms with Gasteiger partial charge in [0.1, 0.15) is 0 Å². The van der Waals surface area contributed by atoms with E-state index in [2.05, 4.69) is 24.3 Å². The van der Waals surface area contributed by atoms with Crippen LogP contribution in [-0.2, 0) is 6.54 Å². The van der Waals surface area contributed by atoms with E-state index in [1.807, 2.05) is 17.8 Å². The SMILES string of the molecule is Cc1ccc([N+](=O)[O-])cc1NCc1cnn(C(C)C)c1. The molecule has 0 aliphatic heterocycles. The summed E-state index contributed by atoms with van der Waals surface area (Å²) in [5.41, 5.74) is 2.89. The summed E-state index contributed by atoms with van der Waals surface area (Å²) in [6.45, 7) is 6.64. The Kier molecular flexibility index (Phi) is 4.02. The summed E-state index contributed by atoms with van der Waals surface area (Å²) in [6, 6.07) is 5.14. The molecule has 0 aliphatic carbocycles. The Morgan fingerprint density at radius 1 is 1.45 bits per heavy atom. The zero-order valence-corrected chi connectivity index (χ0v) is 11.8. The molecule has 0 fully saturated rings. The minimum absolute atomic E-state index is 0.0935. The van der Waals surface area contributed by atoms with Crippen LogP contribution in [0.5, 0.6) is 0 Å². The van der Waals surface area contributed by atoms with Crippen LogP contribution in [0.4, 0.5) is 11.4 Å². The maximum atomic E-state index is 10.8. The summed E-state index contributed by atoms with van der Waals surface area (Å²) in [6.07, 6.45) is 3.78. The minimum atomic E-state index is -0.387. The Bertz CT molecular complexity index is 619. The molecule has 0 bridgehead atoms. The van der Waals surface area contributed by atoms with Gasteiger partial charge in [-0.25, -0.2) is 0 Å². The molecule has 2 aromatic rings. The first-order chi connectivity index (χ1) is 9.47. The first-order valence-electron chi connectivity index (χ1n) is 6.49. The highest BCUT2D eigenvalue weighted by Gasteiger charge is 2.09. The van der Waals surface area contributed by atoms with Crippen LogP contribution in [-0.4, -0.2) is 14.7 Å². The number of rotatable bonds is 5. The smallest absolute Gasteiger partial charge is 0.271 e. The van der Waals surface area contributed by atoms with Gasteiger partial charge in [0, 0.05) is 42.2 Å². The number of non-ortho nitro benzene ring substituents is 1. The molecule has 1 aromatic heterocycles. The summed E-state index contributed by atoms with van der Waals surface area (Å²) >= 11 is 0. The fourth-order valence-corrected chi connectivity index (χ4v) is 1.86. The van der Waals surface area contributed by atoms with Gasteiger partial charge >= 0.3 is 0 Å². The van der Waals surface area contributed by atoms with Crippen LogP contribution in [0.1, 0.15) is 31.0 Å². The number of hydrogen-bond donors (Lipinski definition) is 1. The van der Waals surface area contributed by atoms with Gasteiger partial charge in [0.2, 0.25) is 0 Å². The first-order valence-corrected chi connectivity index (χ1v) is 6.49. The lowest BCUT2D eigenvalue weighted by Gasteiger charge is -2.08. The van der Waals surface area contributed by atoms with E-state index in [1.165, 1.54) is 6.07 Å². The molecule has 6 nitrogen and oxygen atoms in total. The monoisotopic (exact) mass is 274 g/mol. The van der Waals surface area contributed by atoms with Crippen LogP contribution in [0.25, 0.3) is 0 Å². The topological polar surface area (TPSA) is 73.0 Å². The van der Waals surface area contributed by atoms with Crippen LogP contribution < -0.4 is 5.32 Å². The molecule has 1 heterocycles. The third-order valence-corrected chi connectivity index (χ3v) is 3.10. The normalized spacial score (nSPS) is 10.8. The molecule has 0 unspecified atom stereocenters. The molecule has 0 saturated heterocycles. The molecule has 0 aliphatic rings. The van der Waals surface area contributed by atoms with E-state index in [0.29, 0.717) is 12.6 Å². The van der Waals surface area contributed by atoms with Gasteiger partial charge in [0.05, 0.1) is 11.1 Å². The Balaban J connectivity index is 2.09. The van der Waals surface area contributed by atoms with Gasteiger partial charge in [0.25, 0.3) is 5.69 Å². The average Bonchev–Trinajstić information content (AvgIpc) is 2.86. The van der Waals surface area contributed by atoms with E-state index in [9.17, 15) is 10.1 Å². The second-order valence-corrected chi connectivity index (χ2v) is 5.03. The van der Waals surface area contributed by atoms with Crippen LogP contribution >= 0.6 is 0 Å². The van der Waals surface area contributed by atoms with Gasteiger partial charge in [-0.15, -0.1) is 0 Å². The van der Waals surface area contributed by atoms with Crippen LogP contribution in [0, 0.1) is 17.0 Å². The maximum absolute atomic E-state index is 10.8. The van der Waals surface area contributed by atoms with E-state index in [-0.39, 0.29) is 10.6 Å². The molecule has 0 amide bonds. The zero-order chi connectivity index (χ0) is 14.7. The predicted molar refractivity (Wildman–Crippen MR) is 77.8 cm³/mol. The largest absolute Gasteiger partial charge is 0.380 e. The molecule has 0 spiro atoms. The number of aromatic nitrogens is 2. The lowest BCUT2D eigenvalue weighted by atomic mass is 10.1. The number of nitro groups is 1. The Morgan fingerprint density at radius 3 is 2.80 bits per heavy atom.